The minimum atomic E-state index is -0.244. The molecule has 0 saturated heterocycles. The number of ketones is 1. The van der Waals surface area contributed by atoms with Crippen molar-refractivity contribution in [1.82, 2.24) is 0 Å². The molecule has 3 nitrogen and oxygen atoms in total. The van der Waals surface area contributed by atoms with E-state index in [0.717, 1.165) is 11.1 Å². The van der Waals surface area contributed by atoms with Crippen LogP contribution in [0.4, 0.5) is 5.69 Å². The second-order valence-electron chi connectivity index (χ2n) is 6.53. The largest absolute Gasteiger partial charge is 0.289 e. The van der Waals surface area contributed by atoms with Crippen molar-refractivity contribution in [3.8, 4) is 0 Å². The van der Waals surface area contributed by atoms with Crippen molar-refractivity contribution >= 4 is 46.3 Å². The summed E-state index contributed by atoms with van der Waals surface area (Å²) < 4.78 is 0. The lowest BCUT2D eigenvalue weighted by atomic mass is 9.78. The smallest absolute Gasteiger partial charge is 0.185 e. The number of carbonyl (C=O) groups excluding carboxylic acids is 1. The van der Waals surface area contributed by atoms with Crippen molar-refractivity contribution < 1.29 is 4.79 Å². The number of azo groups is 1. The molecular weight excluding hydrogens is 367 g/mol. The van der Waals surface area contributed by atoms with Gasteiger partial charge in [0.05, 0.1) is 16.2 Å². The fourth-order valence-corrected chi connectivity index (χ4v) is 3.11. The third kappa shape index (κ3) is 4.35. The zero-order valence-electron chi connectivity index (χ0n) is 13.8. The first-order valence-electron chi connectivity index (χ1n) is 7.30. The predicted molar refractivity (Wildman–Crippen MR) is 100 cm³/mol. The molecule has 1 aromatic rings. The molecule has 1 aliphatic carbocycles. The maximum Gasteiger partial charge on any atom is 0.185 e. The zero-order chi connectivity index (χ0) is 18.1. The molecule has 0 aliphatic heterocycles. The average Bonchev–Trinajstić information content (AvgIpc) is 2.43. The van der Waals surface area contributed by atoms with Crippen molar-refractivity contribution in [2.75, 3.05) is 0 Å². The molecule has 1 aliphatic rings. The predicted octanol–water partition coefficient (Wildman–Crippen LogP) is 7.12. The van der Waals surface area contributed by atoms with E-state index in [1.165, 1.54) is 0 Å². The van der Waals surface area contributed by atoms with Gasteiger partial charge in [-0.05, 0) is 47.8 Å². The summed E-state index contributed by atoms with van der Waals surface area (Å²) in [5, 5.41) is 9.18. The molecule has 2 rings (SSSR count). The van der Waals surface area contributed by atoms with E-state index in [-0.39, 0.29) is 11.2 Å². The van der Waals surface area contributed by atoms with Crippen molar-refractivity contribution in [2.45, 2.75) is 27.7 Å². The summed E-state index contributed by atoms with van der Waals surface area (Å²) in [6, 6.07) is 3.11. The standard InChI is InChI=1S/C18H17Cl3N2O/c1-10-5-11(6-13(17(10)24)18(2,3)4)9-22-23-16-14(20)7-12(19)8-15(16)21/h5-9H,1-4H3. The van der Waals surface area contributed by atoms with Gasteiger partial charge in [-0.25, -0.2) is 0 Å². The Morgan fingerprint density at radius 3 is 2.17 bits per heavy atom. The van der Waals surface area contributed by atoms with Crippen LogP contribution in [0.3, 0.4) is 0 Å². The Bertz CT molecular complexity index is 789. The fourth-order valence-electron chi connectivity index (χ4n) is 2.22. The van der Waals surface area contributed by atoms with Crippen molar-refractivity contribution in [3.05, 3.63) is 62.3 Å². The Morgan fingerprint density at radius 1 is 1.04 bits per heavy atom. The molecule has 0 bridgehead atoms. The molecule has 0 N–H and O–H groups in total. The highest BCUT2D eigenvalue weighted by atomic mass is 35.5. The highest BCUT2D eigenvalue weighted by molar-refractivity contribution is 6.41. The van der Waals surface area contributed by atoms with E-state index in [1.54, 1.807) is 31.3 Å². The van der Waals surface area contributed by atoms with Gasteiger partial charge in [-0.1, -0.05) is 55.6 Å². The number of allylic oxidation sites excluding steroid dienone is 5. The van der Waals surface area contributed by atoms with Crippen LogP contribution in [-0.2, 0) is 4.79 Å². The monoisotopic (exact) mass is 382 g/mol. The zero-order valence-corrected chi connectivity index (χ0v) is 16.1. The molecule has 24 heavy (non-hydrogen) atoms. The van der Waals surface area contributed by atoms with Crippen molar-refractivity contribution in [3.63, 3.8) is 0 Å². The highest BCUT2D eigenvalue weighted by Crippen LogP contribution is 2.36. The fraction of sp³-hybridized carbons (Fsp3) is 0.278. The molecule has 1 aromatic carbocycles. The van der Waals surface area contributed by atoms with Gasteiger partial charge in [0, 0.05) is 10.6 Å². The number of hydrogen-bond donors (Lipinski definition) is 0. The molecule has 0 saturated carbocycles. The van der Waals surface area contributed by atoms with Crippen LogP contribution in [0, 0.1) is 5.41 Å². The Balaban J connectivity index is 2.35. The van der Waals surface area contributed by atoms with E-state index in [9.17, 15) is 4.79 Å². The van der Waals surface area contributed by atoms with Crippen LogP contribution in [0.1, 0.15) is 27.7 Å². The van der Waals surface area contributed by atoms with E-state index in [2.05, 4.69) is 10.2 Å². The van der Waals surface area contributed by atoms with Gasteiger partial charge in [-0.2, -0.15) is 5.11 Å². The first-order chi connectivity index (χ1) is 11.1. The van der Waals surface area contributed by atoms with E-state index < -0.39 is 0 Å². The molecule has 0 spiro atoms. The summed E-state index contributed by atoms with van der Waals surface area (Å²) in [7, 11) is 0. The number of hydrogen-bond acceptors (Lipinski definition) is 3. The summed E-state index contributed by atoms with van der Waals surface area (Å²) >= 11 is 18.0. The number of halogens is 3. The van der Waals surface area contributed by atoms with Gasteiger partial charge in [0.15, 0.2) is 5.78 Å². The Labute approximate surface area is 156 Å². The van der Waals surface area contributed by atoms with Crippen LogP contribution in [0.15, 0.2) is 57.4 Å². The van der Waals surface area contributed by atoms with Crippen LogP contribution in [0.5, 0.6) is 0 Å². The first-order valence-corrected chi connectivity index (χ1v) is 8.43. The molecule has 0 amide bonds. The SMILES string of the molecule is CC1=CC(=CN=Nc2c(Cl)cc(Cl)cc2Cl)C=C(C(C)(C)C)C1=O. The van der Waals surface area contributed by atoms with E-state index in [1.807, 2.05) is 26.8 Å². The average molecular weight is 384 g/mol. The van der Waals surface area contributed by atoms with Gasteiger partial charge in [0.25, 0.3) is 0 Å². The molecule has 0 radical (unpaired) electrons. The summed E-state index contributed by atoms with van der Waals surface area (Å²) in [6.07, 6.45) is 5.18. The Kier molecular flexibility index (Phi) is 5.69. The van der Waals surface area contributed by atoms with Crippen molar-refractivity contribution in [2.24, 2.45) is 15.6 Å². The molecule has 0 unspecified atom stereocenters. The van der Waals surface area contributed by atoms with Crippen LogP contribution < -0.4 is 0 Å². The summed E-state index contributed by atoms with van der Waals surface area (Å²) in [6.45, 7) is 7.80. The molecule has 0 heterocycles. The van der Waals surface area contributed by atoms with Gasteiger partial charge >= 0.3 is 0 Å². The number of carbonyl (C=O) groups is 1. The van der Waals surface area contributed by atoms with E-state index >= 15 is 0 Å². The van der Waals surface area contributed by atoms with Gasteiger partial charge in [-0.3, -0.25) is 4.79 Å². The van der Waals surface area contributed by atoms with Crippen LogP contribution >= 0.6 is 34.8 Å². The lowest BCUT2D eigenvalue weighted by Crippen LogP contribution is -2.21. The van der Waals surface area contributed by atoms with Crippen LogP contribution in [0.2, 0.25) is 15.1 Å². The number of rotatable bonds is 2. The van der Waals surface area contributed by atoms with Crippen LogP contribution in [0.25, 0.3) is 0 Å². The quantitative estimate of drug-likeness (QED) is 0.501. The van der Waals surface area contributed by atoms with Gasteiger partial charge in [0.1, 0.15) is 5.69 Å². The molecule has 126 valence electrons. The second kappa shape index (κ2) is 7.22. The van der Waals surface area contributed by atoms with Gasteiger partial charge in [0.2, 0.25) is 0 Å². The second-order valence-corrected chi connectivity index (χ2v) is 7.78. The number of nitrogens with zero attached hydrogens (tertiary/aromatic N) is 2. The lowest BCUT2D eigenvalue weighted by Gasteiger charge is -2.24. The normalized spacial score (nSPS) is 17.5. The molecule has 6 heteroatoms. The minimum Gasteiger partial charge on any atom is -0.289 e. The lowest BCUT2D eigenvalue weighted by molar-refractivity contribution is -0.113. The van der Waals surface area contributed by atoms with Crippen molar-refractivity contribution in [1.29, 1.82) is 0 Å². The summed E-state index contributed by atoms with van der Waals surface area (Å²) in [4.78, 5) is 12.3. The van der Waals surface area contributed by atoms with Gasteiger partial charge < -0.3 is 0 Å². The Morgan fingerprint density at radius 2 is 1.62 bits per heavy atom. The maximum atomic E-state index is 12.3. The van der Waals surface area contributed by atoms with Crippen LogP contribution in [-0.4, -0.2) is 5.78 Å². The number of benzene rings is 1. The third-order valence-electron chi connectivity index (χ3n) is 3.45. The summed E-state index contributed by atoms with van der Waals surface area (Å²) in [5.74, 6) is 0.0559. The number of Topliss-reactive ketones (excluding diaryl/α,β-unsaturated/α-hetero) is 1. The topological polar surface area (TPSA) is 41.8 Å². The highest BCUT2D eigenvalue weighted by Gasteiger charge is 2.27. The molecule has 0 aromatic heterocycles. The molecule has 0 atom stereocenters. The third-order valence-corrected chi connectivity index (χ3v) is 4.25. The molecule has 0 fully saturated rings. The van der Waals surface area contributed by atoms with E-state index in [4.69, 9.17) is 34.8 Å². The van der Waals surface area contributed by atoms with E-state index in [0.29, 0.717) is 26.3 Å². The van der Waals surface area contributed by atoms with Gasteiger partial charge in [-0.15, -0.1) is 5.11 Å². The first kappa shape index (κ1) is 18.9. The molecular formula is C18H17Cl3N2O. The summed E-state index contributed by atoms with van der Waals surface area (Å²) in [5.41, 5.74) is 2.32. The maximum absolute atomic E-state index is 12.3. The minimum absolute atomic E-state index is 0.0559. The Hall–Kier alpha value is -1.42.